The van der Waals surface area contributed by atoms with Crippen LogP contribution >= 0.6 is 11.3 Å². The normalized spacial score (nSPS) is 11.9. The SMILES string of the molecule is c1ccc(-c2cccc(-n3c4ccccc4c4c5c6ccc(-c7ccccc7)cc6n(-c6cccc(-c7ccccc7)c6)c5ccc43)c2)cc1.c1ccc(-n2c3ccccc3c3c4c5ccc(-c6cccc7c6sc6ccccc67)cc5n(-c5ccccc5)c4ccc32)cc1.c1ccc(-n2c3ccccc3c3c4c5ccc(-n6c7ccccc7c7ccccc76)cc5n(-c5ccccc5)c4ccc32)cc1. The molecule has 0 atom stereocenters. The first-order chi connectivity index (χ1) is 69.5. The lowest BCUT2D eigenvalue weighted by Crippen LogP contribution is -1.96. The van der Waals surface area contributed by atoms with Gasteiger partial charge in [0.25, 0.3) is 0 Å². The molecule has 30 rings (SSSR count). The molecular weight excluding hydrogens is 1720 g/mol. The molecule has 0 amide bonds. The summed E-state index contributed by atoms with van der Waals surface area (Å²) >= 11 is 1.89. The van der Waals surface area contributed by atoms with E-state index in [4.69, 9.17) is 0 Å². The van der Waals surface area contributed by atoms with Gasteiger partial charge in [-0.05, 0) is 214 Å². The molecule has 0 saturated heterocycles. The number of aromatic nitrogens is 7. The molecule has 654 valence electrons. The molecule has 0 N–H and O–H groups in total. The van der Waals surface area contributed by atoms with E-state index in [1.54, 1.807) is 0 Å². The Morgan fingerprint density at radius 3 is 0.764 bits per heavy atom. The topological polar surface area (TPSA) is 34.5 Å². The molecule has 0 fully saturated rings. The summed E-state index contributed by atoms with van der Waals surface area (Å²) in [6, 6.07) is 187. The maximum Gasteiger partial charge on any atom is 0.0562 e. The van der Waals surface area contributed by atoms with Crippen LogP contribution in [0.15, 0.2) is 516 Å². The number of nitrogens with zero attached hydrogens (tertiary/aromatic N) is 7. The molecule has 0 saturated carbocycles. The zero-order valence-electron chi connectivity index (χ0n) is 76.1. The summed E-state index contributed by atoms with van der Waals surface area (Å²) in [6.07, 6.45) is 0. The van der Waals surface area contributed by atoms with Gasteiger partial charge in [-0.25, -0.2) is 0 Å². The van der Waals surface area contributed by atoms with Gasteiger partial charge in [-0.15, -0.1) is 11.3 Å². The van der Waals surface area contributed by atoms with E-state index in [0.29, 0.717) is 0 Å². The number of hydrogen-bond donors (Lipinski definition) is 0. The highest BCUT2D eigenvalue weighted by molar-refractivity contribution is 7.26. The third kappa shape index (κ3) is 12.7. The van der Waals surface area contributed by atoms with Crippen molar-refractivity contribution in [3.05, 3.63) is 516 Å². The van der Waals surface area contributed by atoms with Crippen molar-refractivity contribution in [2.45, 2.75) is 0 Å². The van der Waals surface area contributed by atoms with Crippen LogP contribution in [0.3, 0.4) is 0 Å². The number of para-hydroxylation sites is 9. The Labute approximate surface area is 810 Å². The lowest BCUT2D eigenvalue weighted by Gasteiger charge is -2.12. The summed E-state index contributed by atoms with van der Waals surface area (Å²) in [4.78, 5) is 0. The Hall–Kier alpha value is -18.3. The average molecular weight is 1800 g/mol. The van der Waals surface area contributed by atoms with Crippen molar-refractivity contribution in [3.63, 3.8) is 0 Å². The summed E-state index contributed by atoms with van der Waals surface area (Å²) in [6.45, 7) is 0. The molecule has 0 spiro atoms. The average Bonchev–Trinajstić information content (AvgIpc) is 1.55. The van der Waals surface area contributed by atoms with Crippen molar-refractivity contribution in [1.29, 1.82) is 0 Å². The maximum atomic E-state index is 2.46. The van der Waals surface area contributed by atoms with Crippen LogP contribution in [0.25, 0.3) is 257 Å². The number of benzene rings is 22. The monoisotopic (exact) mass is 1800 g/mol. The van der Waals surface area contributed by atoms with Crippen molar-refractivity contribution >= 4 is 184 Å². The van der Waals surface area contributed by atoms with Crippen molar-refractivity contribution in [3.8, 4) is 84.3 Å². The number of thiophene rings is 1. The Morgan fingerprint density at radius 1 is 0.121 bits per heavy atom. The Kier molecular flexibility index (Phi) is 18.8. The fraction of sp³-hybridized carbons (Fsp3) is 0. The minimum atomic E-state index is 1.15. The summed E-state index contributed by atoms with van der Waals surface area (Å²) in [5.41, 5.74) is 34.9. The Bertz CT molecular complexity index is 10100. The van der Waals surface area contributed by atoms with E-state index in [-0.39, 0.29) is 0 Å². The Balaban J connectivity index is 0.000000103. The lowest BCUT2D eigenvalue weighted by molar-refractivity contribution is 1.15. The second-order valence-electron chi connectivity index (χ2n) is 36.5. The van der Waals surface area contributed by atoms with Crippen LogP contribution < -0.4 is 0 Å². The summed E-state index contributed by atoms with van der Waals surface area (Å²) in [7, 11) is 0. The Morgan fingerprint density at radius 2 is 0.364 bits per heavy atom. The van der Waals surface area contributed by atoms with Gasteiger partial charge >= 0.3 is 0 Å². The molecule has 22 aromatic carbocycles. The van der Waals surface area contributed by atoms with E-state index in [1.165, 1.54) is 234 Å². The van der Waals surface area contributed by atoms with Gasteiger partial charge in [0.15, 0.2) is 0 Å². The molecular formula is C132H85N7S. The molecule has 8 heteroatoms. The smallest absolute Gasteiger partial charge is 0.0562 e. The molecule has 0 aliphatic rings. The largest absolute Gasteiger partial charge is 0.309 e. The zero-order valence-corrected chi connectivity index (χ0v) is 76.9. The molecule has 7 nitrogen and oxygen atoms in total. The van der Waals surface area contributed by atoms with E-state index in [0.717, 1.165) is 22.7 Å². The van der Waals surface area contributed by atoms with Crippen molar-refractivity contribution in [2.75, 3.05) is 0 Å². The van der Waals surface area contributed by atoms with Crippen molar-refractivity contribution in [1.82, 2.24) is 32.0 Å². The number of rotatable bonds is 11. The summed E-state index contributed by atoms with van der Waals surface area (Å²) < 4.78 is 19.7. The van der Waals surface area contributed by atoms with Crippen molar-refractivity contribution < 1.29 is 0 Å². The van der Waals surface area contributed by atoms with Gasteiger partial charge in [0.05, 0.1) is 77.2 Å². The molecule has 30 aromatic rings. The lowest BCUT2D eigenvalue weighted by atomic mass is 10.00. The minimum Gasteiger partial charge on any atom is -0.309 e. The second kappa shape index (κ2) is 32.8. The predicted octanol–water partition coefficient (Wildman–Crippen LogP) is 35.8. The first-order valence-corrected chi connectivity index (χ1v) is 48.8. The summed E-state index contributed by atoms with van der Waals surface area (Å²) in [5, 5.41) is 20.5. The van der Waals surface area contributed by atoms with Gasteiger partial charge in [-0.2, -0.15) is 0 Å². The van der Waals surface area contributed by atoms with Gasteiger partial charge in [0, 0.05) is 135 Å². The molecule has 0 aliphatic heterocycles. The van der Waals surface area contributed by atoms with Crippen LogP contribution in [0, 0.1) is 0 Å². The molecule has 0 unspecified atom stereocenters. The molecule has 0 bridgehead atoms. The molecule has 140 heavy (non-hydrogen) atoms. The van der Waals surface area contributed by atoms with Crippen LogP contribution in [0.2, 0.25) is 0 Å². The van der Waals surface area contributed by atoms with Gasteiger partial charge < -0.3 is 32.0 Å². The van der Waals surface area contributed by atoms with Crippen LogP contribution in [-0.4, -0.2) is 32.0 Å². The van der Waals surface area contributed by atoms with E-state index < -0.39 is 0 Å². The highest BCUT2D eigenvalue weighted by Gasteiger charge is 2.28. The fourth-order valence-corrected chi connectivity index (χ4v) is 24.1. The first-order valence-electron chi connectivity index (χ1n) is 48.0. The van der Waals surface area contributed by atoms with Crippen LogP contribution in [-0.2, 0) is 0 Å². The minimum absolute atomic E-state index is 1.15. The third-order valence-electron chi connectivity index (χ3n) is 28.8. The van der Waals surface area contributed by atoms with Crippen LogP contribution in [0.5, 0.6) is 0 Å². The maximum absolute atomic E-state index is 2.46. The van der Waals surface area contributed by atoms with Gasteiger partial charge in [0.1, 0.15) is 0 Å². The number of hydrogen-bond acceptors (Lipinski definition) is 1. The molecule has 0 radical (unpaired) electrons. The second-order valence-corrected chi connectivity index (χ2v) is 37.5. The van der Waals surface area contributed by atoms with Crippen LogP contribution in [0.4, 0.5) is 0 Å². The third-order valence-corrected chi connectivity index (χ3v) is 30.0. The van der Waals surface area contributed by atoms with E-state index in [9.17, 15) is 0 Å². The molecule has 0 aliphatic carbocycles. The van der Waals surface area contributed by atoms with E-state index >= 15 is 0 Å². The highest BCUT2D eigenvalue weighted by atomic mass is 32.1. The summed E-state index contributed by atoms with van der Waals surface area (Å²) in [5.74, 6) is 0. The van der Waals surface area contributed by atoms with Crippen molar-refractivity contribution in [2.24, 2.45) is 0 Å². The van der Waals surface area contributed by atoms with E-state index in [1.807, 2.05) is 11.3 Å². The molecule has 8 heterocycles. The number of fused-ring (bicyclic) bond motifs is 27. The van der Waals surface area contributed by atoms with Gasteiger partial charge in [-0.1, -0.05) is 346 Å². The predicted molar refractivity (Wildman–Crippen MR) is 594 cm³/mol. The van der Waals surface area contributed by atoms with E-state index in [2.05, 4.69) is 548 Å². The quantitative estimate of drug-likeness (QED) is 0.124. The van der Waals surface area contributed by atoms with Crippen LogP contribution in [0.1, 0.15) is 0 Å². The zero-order chi connectivity index (χ0) is 92.0. The van der Waals surface area contributed by atoms with Gasteiger partial charge in [0.2, 0.25) is 0 Å². The standard InChI is InChI=1S/C48H32N2.C42H27N3.C42H26N2S/c1-4-14-33(15-5-1)36-20-12-22-39(30-36)49-43-25-11-10-24-41(43)47-44(49)28-29-45-48(47)42-27-26-38(35-18-8-3-9-19-35)32-46(42)50(45)40-23-13-21-37(31-40)34-16-6-2-7-17-34;1-3-13-28(14-4-1)43-37-22-12-9-19-33(37)41-38(43)25-26-39-42(41)34-24-23-30(27-40(34)44(39)29-15-5-2-6-16-29)45-35-20-10-7-17-31(35)32-18-8-11-21-36(32)45;1-3-12-28(13-4-1)43-35-20-9-7-17-33(35)40-36(43)24-25-37-41(40)34-23-22-27(26-38(34)44(37)29-14-5-2-6-15-29)30-18-11-19-32-31-16-8-10-21-39(31)45-42(30)32/h1-32H;1-27H;1-26H. The van der Waals surface area contributed by atoms with Gasteiger partial charge in [-0.3, -0.25) is 0 Å². The first kappa shape index (κ1) is 80.1. The molecule has 8 aromatic heterocycles. The highest BCUT2D eigenvalue weighted by Crippen LogP contribution is 2.50. The fourth-order valence-electron chi connectivity index (χ4n) is 22.9.